The van der Waals surface area contributed by atoms with Crippen molar-refractivity contribution in [3.05, 3.63) is 77.1 Å². The van der Waals surface area contributed by atoms with Gasteiger partial charge in [0.05, 0.1) is 32.9 Å². The van der Waals surface area contributed by atoms with Gasteiger partial charge in [-0.1, -0.05) is 43.0 Å². The molecule has 0 spiro atoms. The lowest BCUT2D eigenvalue weighted by Crippen LogP contribution is -2.06. The molecule has 0 aliphatic rings. The third kappa shape index (κ3) is 3.04. The third-order valence-corrected chi connectivity index (χ3v) is 5.64. The average molecular weight is 389 g/mol. The number of pyridine rings is 1. The Morgan fingerprint density at radius 2 is 1.96 bits per heavy atom. The van der Waals surface area contributed by atoms with Crippen LogP contribution in [0.1, 0.15) is 28.4 Å². The van der Waals surface area contributed by atoms with Crippen molar-refractivity contribution in [1.82, 2.24) is 9.38 Å². The monoisotopic (exact) mass is 389 g/mol. The molecule has 2 heterocycles. The molecular formula is C22H16FN3OS. The molecule has 0 amide bonds. The number of para-hydroxylation sites is 2. The van der Waals surface area contributed by atoms with Gasteiger partial charge in [-0.15, -0.1) is 0 Å². The number of nitrogens with zero attached hydrogens (tertiary/aromatic N) is 3. The van der Waals surface area contributed by atoms with Gasteiger partial charge in [-0.3, -0.25) is 9.20 Å². The number of Topliss-reactive ketones (excluding diaryl/α,β-unsaturated/α-hetero) is 1. The number of imidazole rings is 1. The quantitative estimate of drug-likeness (QED) is 0.355. The van der Waals surface area contributed by atoms with E-state index >= 15 is 0 Å². The first kappa shape index (κ1) is 18.2. The Morgan fingerprint density at radius 1 is 1.21 bits per heavy atom. The summed E-state index contributed by atoms with van der Waals surface area (Å²) in [5.41, 5.74) is 3.76. The number of fused-ring (bicyclic) bond motifs is 3. The third-order valence-electron chi connectivity index (χ3n) is 4.64. The number of carbonyl (C=O) groups excluding carboxylic acids is 1. The second-order valence-corrected chi connectivity index (χ2v) is 7.30. The molecule has 0 atom stereocenters. The molecule has 28 heavy (non-hydrogen) atoms. The summed E-state index contributed by atoms with van der Waals surface area (Å²) in [6.45, 7) is 1.98. The molecule has 0 aliphatic carbocycles. The van der Waals surface area contributed by atoms with Gasteiger partial charge in [-0.2, -0.15) is 5.26 Å². The second kappa shape index (κ2) is 7.45. The van der Waals surface area contributed by atoms with Gasteiger partial charge in [0.25, 0.3) is 0 Å². The van der Waals surface area contributed by atoms with Crippen LogP contribution in [-0.4, -0.2) is 20.9 Å². The summed E-state index contributed by atoms with van der Waals surface area (Å²) >= 11 is 1.33. The minimum absolute atomic E-state index is 0.0890. The molecule has 2 aromatic heterocycles. The molecule has 0 radical (unpaired) electrons. The van der Waals surface area contributed by atoms with Crippen LogP contribution >= 0.6 is 11.8 Å². The lowest BCUT2D eigenvalue weighted by Gasteiger charge is -2.11. The van der Waals surface area contributed by atoms with E-state index in [4.69, 9.17) is 0 Å². The highest BCUT2D eigenvalue weighted by atomic mass is 32.2. The number of hydrogen-bond donors (Lipinski definition) is 0. The number of aromatic nitrogens is 2. The van der Waals surface area contributed by atoms with Gasteiger partial charge in [0.15, 0.2) is 11.4 Å². The van der Waals surface area contributed by atoms with Crippen molar-refractivity contribution < 1.29 is 9.18 Å². The normalized spacial score (nSPS) is 11.0. The van der Waals surface area contributed by atoms with E-state index in [1.165, 1.54) is 23.9 Å². The zero-order valence-corrected chi connectivity index (χ0v) is 16.0. The second-order valence-electron chi connectivity index (χ2n) is 6.30. The Hall–Kier alpha value is -3.17. The Kier molecular flexibility index (Phi) is 4.84. The fourth-order valence-corrected chi connectivity index (χ4v) is 4.23. The SMILES string of the molecule is CCc1cc(SCC(=O)c2ccccc2F)n2c(nc3ccccc32)c1C#N. The Labute approximate surface area is 165 Å². The zero-order valence-electron chi connectivity index (χ0n) is 15.1. The first-order valence-electron chi connectivity index (χ1n) is 8.87. The van der Waals surface area contributed by atoms with E-state index in [9.17, 15) is 14.4 Å². The highest BCUT2D eigenvalue weighted by Gasteiger charge is 2.18. The number of rotatable bonds is 5. The summed E-state index contributed by atoms with van der Waals surface area (Å²) in [7, 11) is 0. The number of aryl methyl sites for hydroxylation is 1. The molecule has 4 aromatic rings. The fraction of sp³-hybridized carbons (Fsp3) is 0.136. The van der Waals surface area contributed by atoms with Crippen molar-refractivity contribution in [2.75, 3.05) is 5.75 Å². The van der Waals surface area contributed by atoms with Crippen LogP contribution < -0.4 is 0 Å². The number of ketones is 1. The minimum atomic E-state index is -0.514. The number of carbonyl (C=O) groups is 1. The summed E-state index contributed by atoms with van der Waals surface area (Å²) in [4.78, 5) is 17.2. The average Bonchev–Trinajstić information content (AvgIpc) is 3.11. The van der Waals surface area contributed by atoms with Gasteiger partial charge in [-0.25, -0.2) is 9.37 Å². The number of hydrogen-bond acceptors (Lipinski definition) is 4. The van der Waals surface area contributed by atoms with Crippen LogP contribution in [0.25, 0.3) is 16.7 Å². The van der Waals surface area contributed by atoms with Crippen molar-refractivity contribution in [3.63, 3.8) is 0 Å². The lowest BCUT2D eigenvalue weighted by atomic mass is 10.1. The van der Waals surface area contributed by atoms with Gasteiger partial charge in [0.2, 0.25) is 0 Å². The van der Waals surface area contributed by atoms with Crippen molar-refractivity contribution in [3.8, 4) is 6.07 Å². The highest BCUT2D eigenvalue weighted by molar-refractivity contribution is 8.00. The van der Waals surface area contributed by atoms with Crippen LogP contribution in [0.4, 0.5) is 4.39 Å². The first-order chi connectivity index (χ1) is 13.6. The van der Waals surface area contributed by atoms with Gasteiger partial charge in [0.1, 0.15) is 11.9 Å². The molecule has 0 aliphatic heterocycles. The lowest BCUT2D eigenvalue weighted by molar-refractivity contribution is 0.101. The van der Waals surface area contributed by atoms with Crippen LogP contribution in [0.5, 0.6) is 0 Å². The van der Waals surface area contributed by atoms with Crippen molar-refractivity contribution >= 4 is 34.2 Å². The van der Waals surface area contributed by atoms with E-state index in [0.29, 0.717) is 17.6 Å². The topological polar surface area (TPSA) is 58.2 Å². The van der Waals surface area contributed by atoms with Gasteiger partial charge < -0.3 is 0 Å². The Balaban J connectivity index is 1.81. The standard InChI is InChI=1S/C22H16FN3OS/c1-2-14-11-21(28-13-20(27)15-7-3-4-8-17(15)23)26-19-10-6-5-9-18(19)25-22(26)16(14)12-24/h3-11H,2,13H2,1H3. The zero-order chi connectivity index (χ0) is 19.7. The van der Waals surface area contributed by atoms with E-state index in [0.717, 1.165) is 21.6 Å². The molecule has 0 saturated carbocycles. The molecule has 0 fully saturated rings. The highest BCUT2D eigenvalue weighted by Crippen LogP contribution is 2.30. The van der Waals surface area contributed by atoms with Crippen molar-refractivity contribution in [2.24, 2.45) is 0 Å². The smallest absolute Gasteiger partial charge is 0.176 e. The molecule has 0 bridgehead atoms. The van der Waals surface area contributed by atoms with Crippen LogP contribution in [0.2, 0.25) is 0 Å². The Morgan fingerprint density at radius 3 is 2.71 bits per heavy atom. The van der Waals surface area contributed by atoms with Gasteiger partial charge >= 0.3 is 0 Å². The van der Waals surface area contributed by atoms with Crippen LogP contribution in [-0.2, 0) is 6.42 Å². The molecule has 0 saturated heterocycles. The molecule has 2 aromatic carbocycles. The fourth-order valence-electron chi connectivity index (χ4n) is 3.26. The number of benzene rings is 2. The van der Waals surface area contributed by atoms with Crippen molar-refractivity contribution in [2.45, 2.75) is 18.4 Å². The maximum atomic E-state index is 13.9. The number of halogens is 1. The molecule has 138 valence electrons. The summed E-state index contributed by atoms with van der Waals surface area (Å²) in [5.74, 6) is -0.694. The summed E-state index contributed by atoms with van der Waals surface area (Å²) < 4.78 is 15.8. The summed E-state index contributed by atoms with van der Waals surface area (Å²) in [5, 5.41) is 10.5. The van der Waals surface area contributed by atoms with E-state index in [1.54, 1.807) is 12.1 Å². The minimum Gasteiger partial charge on any atom is -0.293 e. The molecular weight excluding hydrogens is 373 g/mol. The van der Waals surface area contributed by atoms with Crippen molar-refractivity contribution in [1.29, 1.82) is 5.26 Å². The summed E-state index contributed by atoms with van der Waals surface area (Å²) in [6.07, 6.45) is 0.678. The predicted molar refractivity (Wildman–Crippen MR) is 108 cm³/mol. The maximum Gasteiger partial charge on any atom is 0.176 e. The first-order valence-corrected chi connectivity index (χ1v) is 9.86. The Bertz CT molecular complexity index is 1260. The molecule has 4 rings (SSSR count). The van der Waals surface area contributed by atoms with E-state index in [1.807, 2.05) is 41.7 Å². The number of thioether (sulfide) groups is 1. The largest absolute Gasteiger partial charge is 0.293 e. The number of nitriles is 1. The van der Waals surface area contributed by atoms with Crippen LogP contribution in [0, 0.1) is 17.1 Å². The molecule has 6 heteroatoms. The van der Waals surface area contributed by atoms with Gasteiger partial charge in [0, 0.05) is 0 Å². The van der Waals surface area contributed by atoms with E-state index < -0.39 is 5.82 Å². The predicted octanol–water partition coefficient (Wildman–Crippen LogP) is 5.04. The maximum absolute atomic E-state index is 13.9. The molecule has 0 unspecified atom stereocenters. The van der Waals surface area contributed by atoms with E-state index in [2.05, 4.69) is 11.1 Å². The van der Waals surface area contributed by atoms with Crippen LogP contribution in [0.3, 0.4) is 0 Å². The van der Waals surface area contributed by atoms with Crippen LogP contribution in [0.15, 0.2) is 59.6 Å². The summed E-state index contributed by atoms with van der Waals surface area (Å²) in [6, 6.07) is 17.8. The van der Waals surface area contributed by atoms with Gasteiger partial charge in [-0.05, 0) is 42.3 Å². The molecule has 4 nitrogen and oxygen atoms in total. The van der Waals surface area contributed by atoms with E-state index in [-0.39, 0.29) is 17.1 Å². The molecule has 0 N–H and O–H groups in total.